The first-order valence-electron chi connectivity index (χ1n) is 10.5. The van der Waals surface area contributed by atoms with E-state index in [9.17, 15) is 4.79 Å². The molecule has 0 heterocycles. The molecular weight excluding hydrogens is 331 g/mol. The van der Waals surface area contributed by atoms with Crippen LogP contribution in [0.15, 0.2) is 0 Å². The summed E-state index contributed by atoms with van der Waals surface area (Å²) in [5.74, 6) is -0.0687. The molecule has 0 fully saturated rings. The van der Waals surface area contributed by atoms with Crippen LogP contribution in [0.4, 0.5) is 0 Å². The zero-order chi connectivity index (χ0) is 19.4. The van der Waals surface area contributed by atoms with Crippen LogP contribution in [-0.2, 0) is 9.32 Å². The molecule has 0 radical (unpaired) electrons. The summed E-state index contributed by atoms with van der Waals surface area (Å²) in [5.41, 5.74) is 12.0. The van der Waals surface area contributed by atoms with Crippen LogP contribution in [0.3, 0.4) is 0 Å². The van der Waals surface area contributed by atoms with Gasteiger partial charge in [0.25, 0.3) is 0 Å². The second-order valence-corrected chi connectivity index (χ2v) is 13.8. The Hall–Kier alpha value is -0.180. The molecule has 4 N–H and O–H groups in total. The average Bonchev–Trinajstić information content (AvgIpc) is 2.61. The number of unbranched alkanes of at least 4 members (excludes halogenated alkanes) is 3. The van der Waals surface area contributed by atoms with Crippen LogP contribution in [-0.4, -0.2) is 43.2 Å². The Kier molecular flexibility index (Phi) is 12.2. The first-order chi connectivity index (χ1) is 11.8. The molecule has 0 rings (SSSR count). The zero-order valence-corrected chi connectivity index (χ0v) is 18.5. The van der Waals surface area contributed by atoms with E-state index in [-0.39, 0.29) is 11.9 Å². The normalized spacial score (nSPS) is 15.0. The molecule has 1 atom stereocenters. The Morgan fingerprint density at radius 3 is 1.60 bits per heavy atom. The molecule has 0 amide bonds. The summed E-state index contributed by atoms with van der Waals surface area (Å²) in [6, 6.07) is -0.524. The van der Waals surface area contributed by atoms with Crippen LogP contribution >= 0.6 is 6.83 Å². The second-order valence-electron chi connectivity index (χ2n) is 8.14. The van der Waals surface area contributed by atoms with Gasteiger partial charge in [0.05, 0.1) is 0 Å². The van der Waals surface area contributed by atoms with Gasteiger partial charge in [0.1, 0.15) is 0 Å². The van der Waals surface area contributed by atoms with Crippen LogP contribution in [0, 0.1) is 5.92 Å². The third-order valence-corrected chi connectivity index (χ3v) is 12.0. The van der Waals surface area contributed by atoms with Gasteiger partial charge in [-0.05, 0) is 0 Å². The maximum atomic E-state index is 12.9. The van der Waals surface area contributed by atoms with Crippen molar-refractivity contribution in [2.75, 3.05) is 31.2 Å². The van der Waals surface area contributed by atoms with E-state index in [4.69, 9.17) is 16.0 Å². The summed E-state index contributed by atoms with van der Waals surface area (Å²) in [5, 5.41) is 0. The summed E-state index contributed by atoms with van der Waals surface area (Å²) in [6.45, 7) is 8.69. The minimum absolute atomic E-state index is 0.104. The van der Waals surface area contributed by atoms with Gasteiger partial charge < -0.3 is 0 Å². The molecule has 0 aliphatic carbocycles. The van der Waals surface area contributed by atoms with Crippen molar-refractivity contribution in [2.45, 2.75) is 85.6 Å². The Labute approximate surface area is 156 Å². The van der Waals surface area contributed by atoms with Gasteiger partial charge in [0.15, 0.2) is 0 Å². The molecule has 0 bridgehead atoms. The summed E-state index contributed by atoms with van der Waals surface area (Å²) in [4.78, 5) is 12.9. The predicted octanol–water partition coefficient (Wildman–Crippen LogP) is 4.73. The van der Waals surface area contributed by atoms with Gasteiger partial charge in [-0.1, -0.05) is 0 Å². The van der Waals surface area contributed by atoms with Crippen LogP contribution in [0.1, 0.15) is 79.6 Å². The van der Waals surface area contributed by atoms with Crippen molar-refractivity contribution >= 4 is 12.8 Å². The van der Waals surface area contributed by atoms with Crippen LogP contribution < -0.4 is 11.5 Å². The van der Waals surface area contributed by atoms with E-state index in [0.717, 1.165) is 69.6 Å². The maximum absolute atomic E-state index is 12.9. The molecule has 0 spiro atoms. The number of rotatable bonds is 15. The zero-order valence-electron chi connectivity index (χ0n) is 17.6. The third-order valence-electron chi connectivity index (χ3n) is 5.50. The van der Waals surface area contributed by atoms with Crippen molar-refractivity contribution < 1.29 is 9.32 Å². The molecule has 0 aliphatic rings. The van der Waals surface area contributed by atoms with E-state index >= 15 is 0 Å². The van der Waals surface area contributed by atoms with E-state index in [1.807, 2.05) is 13.8 Å². The Morgan fingerprint density at radius 1 is 0.880 bits per heavy atom. The van der Waals surface area contributed by atoms with E-state index in [2.05, 4.69) is 20.8 Å². The molecule has 0 unspecified atom stereocenters. The van der Waals surface area contributed by atoms with Gasteiger partial charge in [0.2, 0.25) is 0 Å². The molecule has 5 heteroatoms. The Morgan fingerprint density at radius 2 is 1.28 bits per heavy atom. The predicted molar refractivity (Wildman–Crippen MR) is 114 cm³/mol. The van der Waals surface area contributed by atoms with E-state index in [1.165, 1.54) is 0 Å². The molecule has 0 saturated carbocycles. The molecule has 25 heavy (non-hydrogen) atoms. The van der Waals surface area contributed by atoms with Crippen molar-refractivity contribution in [3.8, 4) is 0 Å². The fraction of sp³-hybridized carbons (Fsp3) is 0.950. The summed E-state index contributed by atoms with van der Waals surface area (Å²) in [7, 11) is 0. The van der Waals surface area contributed by atoms with Gasteiger partial charge >= 0.3 is 156 Å². The first kappa shape index (κ1) is 24.8. The van der Waals surface area contributed by atoms with E-state index in [0.29, 0.717) is 6.54 Å². The SMILES string of the molecule is CCCCP(CCCC)(CCCC)(CCCN)OC(=O)[C@@H](N)C(C)C. The quantitative estimate of drug-likeness (QED) is 0.405. The summed E-state index contributed by atoms with van der Waals surface area (Å²) < 4.78 is 6.57. The molecule has 0 aromatic carbocycles. The third kappa shape index (κ3) is 7.93. The fourth-order valence-electron chi connectivity index (χ4n) is 3.61. The minimum atomic E-state index is -2.61. The van der Waals surface area contributed by atoms with Crippen molar-refractivity contribution in [2.24, 2.45) is 17.4 Å². The summed E-state index contributed by atoms with van der Waals surface area (Å²) >= 11 is 0. The number of hydrogen-bond donors (Lipinski definition) is 2. The molecule has 4 nitrogen and oxygen atoms in total. The van der Waals surface area contributed by atoms with Crippen molar-refractivity contribution in [3.63, 3.8) is 0 Å². The fourth-order valence-corrected chi connectivity index (χ4v) is 10.3. The number of carbonyl (C=O) groups excluding carboxylic acids is 1. The van der Waals surface area contributed by atoms with Crippen LogP contribution in [0.5, 0.6) is 0 Å². The molecule has 0 saturated heterocycles. The Balaban J connectivity index is 5.84. The van der Waals surface area contributed by atoms with Gasteiger partial charge in [-0.3, -0.25) is 0 Å². The molecular formula is C20H45N2O2P. The van der Waals surface area contributed by atoms with Crippen LogP contribution in [0.25, 0.3) is 0 Å². The van der Waals surface area contributed by atoms with Crippen molar-refractivity contribution in [1.29, 1.82) is 0 Å². The van der Waals surface area contributed by atoms with Gasteiger partial charge in [-0.15, -0.1) is 0 Å². The summed E-state index contributed by atoms with van der Waals surface area (Å²) in [6.07, 6.45) is 11.9. The standard InChI is InChI=1S/C20H45N2O2P/c1-6-9-14-25(15-10-7-2,16-11-8-3,17-12-13-21)24-20(23)19(22)18(4)5/h18-19H,6-17,21-22H2,1-5H3/t19-/m0/s1. The molecule has 0 aromatic rings. The monoisotopic (exact) mass is 376 g/mol. The molecule has 0 aromatic heterocycles. The average molecular weight is 377 g/mol. The molecule has 0 aliphatic heterocycles. The number of carbonyl (C=O) groups is 1. The van der Waals surface area contributed by atoms with Gasteiger partial charge in [0, 0.05) is 0 Å². The van der Waals surface area contributed by atoms with Gasteiger partial charge in [-0.25, -0.2) is 0 Å². The van der Waals surface area contributed by atoms with E-state index in [1.54, 1.807) is 0 Å². The van der Waals surface area contributed by atoms with Crippen molar-refractivity contribution in [3.05, 3.63) is 0 Å². The second kappa shape index (κ2) is 12.3. The molecule has 152 valence electrons. The van der Waals surface area contributed by atoms with Crippen LogP contribution in [0.2, 0.25) is 0 Å². The number of nitrogens with two attached hydrogens (primary N) is 2. The number of hydrogen-bond acceptors (Lipinski definition) is 4. The van der Waals surface area contributed by atoms with Crippen molar-refractivity contribution in [1.82, 2.24) is 0 Å². The van der Waals surface area contributed by atoms with E-state index < -0.39 is 12.9 Å². The Bertz CT molecular complexity index is 331. The van der Waals surface area contributed by atoms with Gasteiger partial charge in [-0.2, -0.15) is 0 Å². The topological polar surface area (TPSA) is 78.3 Å². The first-order valence-corrected chi connectivity index (χ1v) is 13.4.